The second kappa shape index (κ2) is 17.8. The molecule has 5 rings (SSSR count). The fraction of sp³-hybridized carbons (Fsp3) is 0.382. The van der Waals surface area contributed by atoms with Gasteiger partial charge in [-0.05, 0) is 74.1 Å². The summed E-state index contributed by atoms with van der Waals surface area (Å²) in [6.45, 7) is 15.0. The van der Waals surface area contributed by atoms with Crippen molar-refractivity contribution < 1.29 is 9.53 Å². The Labute approximate surface area is 257 Å². The molecule has 1 aromatic heterocycles. The molecule has 0 radical (unpaired) electrons. The van der Waals surface area contributed by atoms with E-state index in [2.05, 4.69) is 65.3 Å². The number of carbonyl (C=O) groups is 1. The maximum absolute atomic E-state index is 13.4. The van der Waals surface area contributed by atoms with Gasteiger partial charge in [0.2, 0.25) is 5.96 Å². The minimum Gasteiger partial charge on any atom is -0.495 e. The second-order valence-electron chi connectivity index (χ2n) is 9.38. The van der Waals surface area contributed by atoms with Crippen molar-refractivity contribution >= 4 is 30.6 Å². The second-order valence-corrected chi connectivity index (χ2v) is 9.61. The number of methoxy groups -OCH3 is 1. The zero-order valence-electron chi connectivity index (χ0n) is 26.2. The van der Waals surface area contributed by atoms with Crippen LogP contribution in [0.3, 0.4) is 0 Å². The van der Waals surface area contributed by atoms with Gasteiger partial charge in [0, 0.05) is 12.7 Å². The summed E-state index contributed by atoms with van der Waals surface area (Å²) >= 11 is 3.56. The molecule has 1 aliphatic heterocycles. The smallest absolute Gasteiger partial charge is 0.277 e. The molecule has 1 N–H and O–H groups in total. The number of hydrogen-bond donors (Lipinski definition) is 2. The van der Waals surface area contributed by atoms with Crippen molar-refractivity contribution in [2.75, 3.05) is 13.7 Å². The van der Waals surface area contributed by atoms with Crippen LogP contribution in [-0.4, -0.2) is 40.0 Å². The zero-order valence-corrected chi connectivity index (χ0v) is 27.1. The van der Waals surface area contributed by atoms with Crippen molar-refractivity contribution in [1.82, 2.24) is 19.8 Å². The molecule has 0 bridgehead atoms. The first kappa shape index (κ1) is 34.2. The number of benzene rings is 2. The van der Waals surface area contributed by atoms with Gasteiger partial charge in [0.15, 0.2) is 0 Å². The summed E-state index contributed by atoms with van der Waals surface area (Å²) in [5.41, 5.74) is 5.47. The van der Waals surface area contributed by atoms with Crippen molar-refractivity contribution in [3.63, 3.8) is 0 Å². The standard InChI is InChI=1S/C27H29N5O2.C3H4S.2C2H6/c1-18-4-6-21(7-5-18)16-32-26(33)23(30-27(32)28-14-20-8-9-20)12-22-10-11-24(25(13-22)34-3)31-15-19(2)29-17-31;1-2-3-4;2*1-2/h4-7,10-13,15,17,20H,8-9,14,16H2,1-3H3,(H,28,30);4H,1H3;2*1-2H3/b23-12-;;;. The number of thiol groups is 1. The molecule has 1 amide bonds. The SMILES string of the molecule is CC.CC.CC#CS.COc1cc(/C=C2\NC(=NCC3CC3)N(Cc3ccc(C)cc3)C2=O)ccc1-n1cnc(C)c1. The van der Waals surface area contributed by atoms with Gasteiger partial charge in [-0.1, -0.05) is 82.1 Å². The maximum atomic E-state index is 13.4. The lowest BCUT2D eigenvalue weighted by atomic mass is 10.1. The highest BCUT2D eigenvalue weighted by atomic mass is 32.1. The number of amides is 1. The van der Waals surface area contributed by atoms with Gasteiger partial charge in [0.25, 0.3) is 5.91 Å². The Balaban J connectivity index is 0.000000699. The third-order valence-corrected chi connectivity index (χ3v) is 6.48. The van der Waals surface area contributed by atoms with Crippen molar-refractivity contribution in [2.24, 2.45) is 10.9 Å². The number of hydrogen-bond acceptors (Lipinski definition) is 5. The van der Waals surface area contributed by atoms with E-state index in [-0.39, 0.29) is 5.91 Å². The van der Waals surface area contributed by atoms with Crippen LogP contribution in [0, 0.1) is 30.9 Å². The van der Waals surface area contributed by atoms with E-state index in [4.69, 9.17) is 9.73 Å². The van der Waals surface area contributed by atoms with Gasteiger partial charge in [-0.2, -0.15) is 0 Å². The number of ether oxygens (including phenoxy) is 1. The molecular weight excluding hydrogens is 542 g/mol. The number of aliphatic imine (C=N–C) groups is 1. The summed E-state index contributed by atoms with van der Waals surface area (Å²) in [5, 5.41) is 5.65. The van der Waals surface area contributed by atoms with Gasteiger partial charge in [-0.3, -0.25) is 14.7 Å². The molecule has 8 heteroatoms. The van der Waals surface area contributed by atoms with Crippen LogP contribution in [0.4, 0.5) is 0 Å². The molecule has 1 aliphatic carbocycles. The van der Waals surface area contributed by atoms with Crippen molar-refractivity contribution in [1.29, 1.82) is 0 Å². The number of aryl methyl sites for hydroxylation is 2. The molecule has 224 valence electrons. The average molecular weight is 588 g/mol. The van der Waals surface area contributed by atoms with Gasteiger partial charge in [0.05, 0.1) is 31.4 Å². The molecule has 2 aliphatic rings. The molecule has 2 aromatic carbocycles. The summed E-state index contributed by atoms with van der Waals surface area (Å²) in [6, 6.07) is 14.1. The minimum atomic E-state index is -0.0802. The van der Waals surface area contributed by atoms with Crippen LogP contribution >= 0.6 is 12.6 Å². The molecule has 7 nitrogen and oxygen atoms in total. The van der Waals surface area contributed by atoms with Crippen molar-refractivity contribution in [3.8, 4) is 22.6 Å². The van der Waals surface area contributed by atoms with E-state index in [1.54, 1.807) is 25.3 Å². The molecule has 0 atom stereocenters. The summed E-state index contributed by atoms with van der Waals surface area (Å²) < 4.78 is 7.55. The first-order valence-corrected chi connectivity index (χ1v) is 15.0. The predicted molar refractivity (Wildman–Crippen MR) is 178 cm³/mol. The minimum absolute atomic E-state index is 0.0802. The Hall–Kier alpha value is -3.96. The molecule has 1 saturated heterocycles. The topological polar surface area (TPSA) is 71.8 Å². The molecule has 0 unspecified atom stereocenters. The molecule has 42 heavy (non-hydrogen) atoms. The Morgan fingerprint density at radius 1 is 1.12 bits per heavy atom. The highest BCUT2D eigenvalue weighted by Crippen LogP contribution is 2.30. The van der Waals surface area contributed by atoms with E-state index in [1.807, 2.05) is 69.7 Å². The number of aromatic nitrogens is 2. The number of rotatable bonds is 7. The highest BCUT2D eigenvalue weighted by Gasteiger charge is 2.32. The normalized spacial score (nSPS) is 15.3. The fourth-order valence-corrected chi connectivity index (χ4v) is 3.96. The summed E-state index contributed by atoms with van der Waals surface area (Å²) in [7, 11) is 1.64. The quantitative estimate of drug-likeness (QED) is 0.174. The van der Waals surface area contributed by atoms with Crippen LogP contribution in [0.5, 0.6) is 5.75 Å². The van der Waals surface area contributed by atoms with Crippen molar-refractivity contribution in [3.05, 3.63) is 83.1 Å². The van der Waals surface area contributed by atoms with Crippen LogP contribution in [-0.2, 0) is 11.3 Å². The fourth-order valence-electron chi connectivity index (χ4n) is 3.96. The van der Waals surface area contributed by atoms with Gasteiger partial charge in [0.1, 0.15) is 11.4 Å². The van der Waals surface area contributed by atoms with E-state index in [9.17, 15) is 4.79 Å². The first-order valence-electron chi connectivity index (χ1n) is 14.6. The Morgan fingerprint density at radius 2 is 1.79 bits per heavy atom. The lowest BCUT2D eigenvalue weighted by Crippen LogP contribution is -2.32. The Morgan fingerprint density at radius 3 is 2.33 bits per heavy atom. The van der Waals surface area contributed by atoms with E-state index >= 15 is 0 Å². The molecular formula is C34H45N5O2S. The summed E-state index contributed by atoms with van der Waals surface area (Å²) in [5.74, 6) is 4.44. The van der Waals surface area contributed by atoms with Gasteiger partial charge in [-0.15, -0.1) is 0 Å². The zero-order chi connectivity index (χ0) is 31.1. The largest absolute Gasteiger partial charge is 0.495 e. The monoisotopic (exact) mass is 587 g/mol. The van der Waals surface area contributed by atoms with E-state index in [1.165, 1.54) is 18.4 Å². The third-order valence-electron chi connectivity index (χ3n) is 6.25. The highest BCUT2D eigenvalue weighted by molar-refractivity contribution is 7.85. The molecule has 3 aromatic rings. The van der Waals surface area contributed by atoms with Crippen LogP contribution in [0.2, 0.25) is 0 Å². The van der Waals surface area contributed by atoms with E-state index in [0.717, 1.165) is 29.1 Å². The number of guanidine groups is 1. The lowest BCUT2D eigenvalue weighted by Gasteiger charge is -2.15. The lowest BCUT2D eigenvalue weighted by molar-refractivity contribution is -0.122. The average Bonchev–Trinajstić information content (AvgIpc) is 3.70. The van der Waals surface area contributed by atoms with Gasteiger partial charge in [-0.25, -0.2) is 4.98 Å². The summed E-state index contributed by atoms with van der Waals surface area (Å²) in [4.78, 5) is 24.1. The van der Waals surface area contributed by atoms with Crippen LogP contribution in [0.25, 0.3) is 11.8 Å². The number of nitrogens with one attached hydrogen (secondary N) is 1. The van der Waals surface area contributed by atoms with Crippen LogP contribution in [0.1, 0.15) is 69.8 Å². The first-order chi connectivity index (χ1) is 20.4. The number of carbonyl (C=O) groups excluding carboxylic acids is 1. The maximum Gasteiger partial charge on any atom is 0.277 e. The summed E-state index contributed by atoms with van der Waals surface area (Å²) in [6.07, 6.45) is 8.00. The Kier molecular flexibility index (Phi) is 14.5. The molecule has 0 spiro atoms. The third kappa shape index (κ3) is 9.85. The number of imidazole rings is 1. The molecule has 2 fully saturated rings. The number of nitrogens with zero attached hydrogens (tertiary/aromatic N) is 4. The predicted octanol–water partition coefficient (Wildman–Crippen LogP) is 7.19. The van der Waals surface area contributed by atoms with Gasteiger partial charge < -0.3 is 14.6 Å². The van der Waals surface area contributed by atoms with E-state index in [0.29, 0.717) is 29.9 Å². The molecule has 2 heterocycles. The van der Waals surface area contributed by atoms with Crippen molar-refractivity contribution in [2.45, 2.75) is 67.9 Å². The van der Waals surface area contributed by atoms with Crippen LogP contribution in [0.15, 0.2) is 65.7 Å². The Bertz CT molecular complexity index is 1400. The molecule has 1 saturated carbocycles. The van der Waals surface area contributed by atoms with E-state index < -0.39 is 0 Å². The van der Waals surface area contributed by atoms with Crippen LogP contribution < -0.4 is 10.1 Å². The van der Waals surface area contributed by atoms with Gasteiger partial charge >= 0.3 is 0 Å².